The van der Waals surface area contributed by atoms with E-state index in [0.717, 1.165) is 5.56 Å². The van der Waals surface area contributed by atoms with Crippen LogP contribution >= 0.6 is 11.3 Å². The van der Waals surface area contributed by atoms with Gasteiger partial charge in [0.15, 0.2) is 0 Å². The number of nitrogens with one attached hydrogen (secondary N) is 1. The number of nitro benzene ring substituents is 1. The second-order valence-corrected chi connectivity index (χ2v) is 5.95. The van der Waals surface area contributed by atoms with Gasteiger partial charge in [-0.1, -0.05) is 0 Å². The smallest absolute Gasteiger partial charge is 0.269 e. The standard InChI is InChI=1S/C15H18N2O4S/c1-15(18,12-5-6-22-9-12)10-16-14-4-3-13(17(19)20)7-11(14)8-21-2/h3-7,9,16,18H,8,10H2,1-2H3/t15-/m0/s1. The molecule has 22 heavy (non-hydrogen) atoms. The van der Waals surface area contributed by atoms with Crippen LogP contribution in [0.4, 0.5) is 11.4 Å². The van der Waals surface area contributed by atoms with Gasteiger partial charge in [-0.15, -0.1) is 0 Å². The number of nitrogens with zero attached hydrogens (tertiary/aromatic N) is 1. The number of non-ortho nitro benzene ring substituents is 1. The van der Waals surface area contributed by atoms with Crippen LogP contribution in [0.3, 0.4) is 0 Å². The molecule has 7 heteroatoms. The number of hydrogen-bond acceptors (Lipinski definition) is 6. The highest BCUT2D eigenvalue weighted by atomic mass is 32.1. The van der Waals surface area contributed by atoms with Gasteiger partial charge >= 0.3 is 0 Å². The molecule has 1 aromatic carbocycles. The number of nitro groups is 1. The Morgan fingerprint density at radius 1 is 1.45 bits per heavy atom. The van der Waals surface area contributed by atoms with Crippen LogP contribution in [-0.4, -0.2) is 23.7 Å². The van der Waals surface area contributed by atoms with Crippen molar-refractivity contribution in [3.63, 3.8) is 0 Å². The number of anilines is 1. The summed E-state index contributed by atoms with van der Waals surface area (Å²) in [5.74, 6) is 0. The van der Waals surface area contributed by atoms with E-state index in [0.29, 0.717) is 11.3 Å². The van der Waals surface area contributed by atoms with E-state index in [-0.39, 0.29) is 18.8 Å². The number of methoxy groups -OCH3 is 1. The third-order valence-corrected chi connectivity index (χ3v) is 4.05. The molecule has 1 heterocycles. The lowest BCUT2D eigenvalue weighted by Crippen LogP contribution is -2.30. The summed E-state index contributed by atoms with van der Waals surface area (Å²) >= 11 is 1.52. The molecule has 0 unspecified atom stereocenters. The largest absolute Gasteiger partial charge is 0.384 e. The van der Waals surface area contributed by atoms with E-state index in [2.05, 4.69) is 5.32 Å². The molecule has 2 rings (SSSR count). The Morgan fingerprint density at radius 2 is 2.23 bits per heavy atom. The van der Waals surface area contributed by atoms with Crippen molar-refractivity contribution in [1.29, 1.82) is 0 Å². The Bertz CT molecular complexity index is 641. The third kappa shape index (κ3) is 3.82. The molecular weight excluding hydrogens is 304 g/mol. The maximum atomic E-state index is 10.8. The maximum Gasteiger partial charge on any atom is 0.269 e. The number of hydrogen-bond donors (Lipinski definition) is 2. The highest BCUT2D eigenvalue weighted by Crippen LogP contribution is 2.27. The van der Waals surface area contributed by atoms with Crippen molar-refractivity contribution in [3.8, 4) is 0 Å². The highest BCUT2D eigenvalue weighted by Gasteiger charge is 2.23. The first-order valence-corrected chi connectivity index (χ1v) is 7.63. The molecule has 2 N–H and O–H groups in total. The summed E-state index contributed by atoms with van der Waals surface area (Å²) < 4.78 is 5.08. The van der Waals surface area contributed by atoms with Crippen LogP contribution < -0.4 is 5.32 Å². The van der Waals surface area contributed by atoms with E-state index in [9.17, 15) is 15.2 Å². The fraction of sp³-hybridized carbons (Fsp3) is 0.333. The van der Waals surface area contributed by atoms with Gasteiger partial charge in [-0.2, -0.15) is 11.3 Å². The summed E-state index contributed by atoms with van der Waals surface area (Å²) in [6, 6.07) is 6.42. The quantitative estimate of drug-likeness (QED) is 0.604. The fourth-order valence-electron chi connectivity index (χ4n) is 2.08. The molecule has 0 saturated heterocycles. The topological polar surface area (TPSA) is 84.6 Å². The van der Waals surface area contributed by atoms with Gasteiger partial charge in [-0.05, 0) is 35.4 Å². The second-order valence-electron chi connectivity index (χ2n) is 5.17. The minimum Gasteiger partial charge on any atom is -0.384 e. The third-order valence-electron chi connectivity index (χ3n) is 3.37. The molecule has 0 amide bonds. The molecule has 0 radical (unpaired) electrons. The lowest BCUT2D eigenvalue weighted by atomic mass is 9.99. The summed E-state index contributed by atoms with van der Waals surface area (Å²) in [7, 11) is 1.53. The molecule has 6 nitrogen and oxygen atoms in total. The van der Waals surface area contributed by atoms with Gasteiger partial charge in [0.25, 0.3) is 5.69 Å². The van der Waals surface area contributed by atoms with Crippen LogP contribution in [0.5, 0.6) is 0 Å². The predicted octanol–water partition coefficient (Wildman–Crippen LogP) is 3.12. The molecule has 0 fully saturated rings. The number of thiophene rings is 1. The first-order chi connectivity index (χ1) is 10.4. The molecule has 0 spiro atoms. The van der Waals surface area contributed by atoms with Gasteiger partial charge in [0.1, 0.15) is 5.60 Å². The summed E-state index contributed by atoms with van der Waals surface area (Å²) in [5.41, 5.74) is 1.22. The lowest BCUT2D eigenvalue weighted by molar-refractivity contribution is -0.384. The number of ether oxygens (including phenoxy) is 1. The average molecular weight is 322 g/mol. The van der Waals surface area contributed by atoms with Crippen molar-refractivity contribution in [2.24, 2.45) is 0 Å². The van der Waals surface area contributed by atoms with Crippen LogP contribution in [0.1, 0.15) is 18.1 Å². The summed E-state index contributed by atoms with van der Waals surface area (Å²) in [6.07, 6.45) is 0. The number of aliphatic hydroxyl groups is 1. The first kappa shape index (κ1) is 16.4. The minimum atomic E-state index is -1.02. The molecule has 118 valence electrons. The van der Waals surface area contributed by atoms with Crippen molar-refractivity contribution in [2.75, 3.05) is 19.0 Å². The molecule has 1 atom stereocenters. The zero-order valence-electron chi connectivity index (χ0n) is 12.4. The molecule has 0 bridgehead atoms. The van der Waals surface area contributed by atoms with E-state index in [1.54, 1.807) is 13.0 Å². The normalized spacial score (nSPS) is 13.6. The SMILES string of the molecule is COCc1cc([N+](=O)[O-])ccc1NC[C@](C)(O)c1ccsc1. The van der Waals surface area contributed by atoms with E-state index >= 15 is 0 Å². The van der Waals surface area contributed by atoms with Crippen LogP contribution in [-0.2, 0) is 16.9 Å². The molecule has 0 aliphatic heterocycles. The summed E-state index contributed by atoms with van der Waals surface area (Å²) in [4.78, 5) is 10.4. The Labute approximate surface area is 132 Å². The summed E-state index contributed by atoms with van der Waals surface area (Å²) in [6.45, 7) is 2.27. The Morgan fingerprint density at radius 3 is 2.82 bits per heavy atom. The van der Waals surface area contributed by atoms with Crippen molar-refractivity contribution in [1.82, 2.24) is 0 Å². The van der Waals surface area contributed by atoms with Crippen molar-refractivity contribution < 1.29 is 14.8 Å². The summed E-state index contributed by atoms with van der Waals surface area (Å²) in [5, 5.41) is 28.3. The minimum absolute atomic E-state index is 0.0159. The fourth-order valence-corrected chi connectivity index (χ4v) is 2.86. The predicted molar refractivity (Wildman–Crippen MR) is 86.2 cm³/mol. The maximum absolute atomic E-state index is 10.8. The molecular formula is C15H18N2O4S. The van der Waals surface area contributed by atoms with Gasteiger partial charge in [-0.3, -0.25) is 10.1 Å². The molecule has 0 aliphatic rings. The van der Waals surface area contributed by atoms with E-state index in [1.165, 1.54) is 30.6 Å². The van der Waals surface area contributed by atoms with Gasteiger partial charge in [0, 0.05) is 37.0 Å². The first-order valence-electron chi connectivity index (χ1n) is 6.69. The van der Waals surface area contributed by atoms with Crippen molar-refractivity contribution in [2.45, 2.75) is 19.1 Å². The van der Waals surface area contributed by atoms with Gasteiger partial charge in [-0.25, -0.2) is 0 Å². The zero-order valence-corrected chi connectivity index (χ0v) is 13.2. The number of rotatable bonds is 7. The molecule has 0 aliphatic carbocycles. The Kier molecular flexibility index (Phi) is 5.12. The van der Waals surface area contributed by atoms with Gasteiger partial charge in [0.05, 0.1) is 11.5 Å². The monoisotopic (exact) mass is 322 g/mol. The van der Waals surface area contributed by atoms with Crippen LogP contribution in [0.25, 0.3) is 0 Å². The average Bonchev–Trinajstić information content (AvgIpc) is 3.01. The Balaban J connectivity index is 2.16. The Hall–Kier alpha value is -1.96. The van der Waals surface area contributed by atoms with Crippen LogP contribution in [0.2, 0.25) is 0 Å². The lowest BCUT2D eigenvalue weighted by Gasteiger charge is -2.24. The van der Waals surface area contributed by atoms with Crippen LogP contribution in [0, 0.1) is 10.1 Å². The van der Waals surface area contributed by atoms with Crippen molar-refractivity contribution >= 4 is 22.7 Å². The second kappa shape index (κ2) is 6.87. The van der Waals surface area contributed by atoms with Crippen LogP contribution in [0.15, 0.2) is 35.0 Å². The number of benzene rings is 1. The van der Waals surface area contributed by atoms with E-state index in [4.69, 9.17) is 4.74 Å². The molecule has 0 saturated carbocycles. The van der Waals surface area contributed by atoms with E-state index in [1.807, 2.05) is 16.8 Å². The van der Waals surface area contributed by atoms with Gasteiger partial charge < -0.3 is 15.2 Å². The molecule has 1 aromatic heterocycles. The van der Waals surface area contributed by atoms with Crippen molar-refractivity contribution in [3.05, 3.63) is 56.3 Å². The molecule has 2 aromatic rings. The zero-order chi connectivity index (χ0) is 16.2. The van der Waals surface area contributed by atoms with Gasteiger partial charge in [0.2, 0.25) is 0 Å². The van der Waals surface area contributed by atoms with E-state index < -0.39 is 10.5 Å². The highest BCUT2D eigenvalue weighted by molar-refractivity contribution is 7.08.